The minimum absolute atomic E-state index is 0.160. The first kappa shape index (κ1) is 17.3. The molecule has 0 radical (unpaired) electrons. The third-order valence-corrected chi connectivity index (χ3v) is 5.11. The van der Waals surface area contributed by atoms with Gasteiger partial charge in [-0.25, -0.2) is 0 Å². The van der Waals surface area contributed by atoms with E-state index in [1.54, 1.807) is 14.2 Å². The largest absolute Gasteiger partial charge is 0.497 e. The summed E-state index contributed by atoms with van der Waals surface area (Å²) in [6, 6.07) is 16.6. The van der Waals surface area contributed by atoms with E-state index in [1.165, 1.54) is 11.1 Å². The smallest absolute Gasteiger partial charge is 0.120 e. The first-order chi connectivity index (χ1) is 12.2. The average molecular weight is 341 g/mol. The van der Waals surface area contributed by atoms with Gasteiger partial charge in [-0.3, -0.25) is 0 Å². The second kappa shape index (κ2) is 7.57. The average Bonchev–Trinajstić information content (AvgIpc) is 2.68. The molecule has 132 valence electrons. The Bertz CT molecular complexity index is 726. The van der Waals surface area contributed by atoms with Crippen molar-refractivity contribution >= 4 is 5.71 Å². The SMILES string of the molecule is COc1ccc([C@@H]2C/C(=N\O)[C@H](C)[C@H](c3ccc(OC)cc3)[NH2+]2)cc1. The Kier molecular flexibility index (Phi) is 5.24. The number of nitrogens with zero attached hydrogens (tertiary/aromatic N) is 1. The van der Waals surface area contributed by atoms with Crippen LogP contribution >= 0.6 is 0 Å². The summed E-state index contributed by atoms with van der Waals surface area (Å²) in [5.74, 6) is 1.85. The van der Waals surface area contributed by atoms with E-state index in [2.05, 4.69) is 41.7 Å². The molecule has 3 N–H and O–H groups in total. The molecule has 0 spiro atoms. The topological polar surface area (TPSA) is 67.7 Å². The maximum atomic E-state index is 9.49. The van der Waals surface area contributed by atoms with Gasteiger partial charge in [-0.05, 0) is 48.5 Å². The fourth-order valence-corrected chi connectivity index (χ4v) is 3.54. The second-order valence-corrected chi connectivity index (χ2v) is 6.46. The van der Waals surface area contributed by atoms with E-state index in [9.17, 15) is 5.21 Å². The third-order valence-electron chi connectivity index (χ3n) is 5.11. The van der Waals surface area contributed by atoms with Crippen molar-refractivity contribution in [2.45, 2.75) is 25.4 Å². The molecule has 1 fully saturated rings. The lowest BCUT2D eigenvalue weighted by Gasteiger charge is -2.33. The van der Waals surface area contributed by atoms with E-state index >= 15 is 0 Å². The van der Waals surface area contributed by atoms with E-state index in [0.29, 0.717) is 0 Å². The Morgan fingerprint density at radius 3 is 1.92 bits per heavy atom. The zero-order valence-electron chi connectivity index (χ0n) is 14.8. The summed E-state index contributed by atoms with van der Waals surface area (Å²) in [4.78, 5) is 0. The van der Waals surface area contributed by atoms with Crippen molar-refractivity contribution in [3.05, 3.63) is 59.7 Å². The van der Waals surface area contributed by atoms with E-state index in [4.69, 9.17) is 9.47 Å². The summed E-state index contributed by atoms with van der Waals surface area (Å²) in [6.07, 6.45) is 0.733. The molecule has 1 aliphatic heterocycles. The number of rotatable bonds is 4. The Morgan fingerprint density at radius 2 is 1.44 bits per heavy atom. The number of ether oxygens (including phenoxy) is 2. The first-order valence-corrected chi connectivity index (χ1v) is 8.50. The van der Waals surface area contributed by atoms with Crippen LogP contribution in [0.25, 0.3) is 0 Å². The van der Waals surface area contributed by atoms with Crippen LogP contribution in [0.2, 0.25) is 0 Å². The molecule has 0 unspecified atom stereocenters. The molecule has 1 heterocycles. The molecule has 25 heavy (non-hydrogen) atoms. The predicted molar refractivity (Wildman–Crippen MR) is 96.4 cm³/mol. The van der Waals surface area contributed by atoms with Gasteiger partial charge >= 0.3 is 0 Å². The van der Waals surface area contributed by atoms with E-state index < -0.39 is 0 Å². The highest BCUT2D eigenvalue weighted by molar-refractivity contribution is 5.87. The van der Waals surface area contributed by atoms with E-state index in [1.807, 2.05) is 24.3 Å². The fraction of sp³-hybridized carbons (Fsp3) is 0.350. The fourth-order valence-electron chi connectivity index (χ4n) is 3.54. The normalized spacial score (nSPS) is 24.9. The van der Waals surface area contributed by atoms with Crippen molar-refractivity contribution in [2.24, 2.45) is 11.1 Å². The van der Waals surface area contributed by atoms with Crippen LogP contribution in [-0.2, 0) is 0 Å². The zero-order valence-corrected chi connectivity index (χ0v) is 14.8. The highest BCUT2D eigenvalue weighted by atomic mass is 16.5. The van der Waals surface area contributed by atoms with Crippen molar-refractivity contribution in [3.8, 4) is 11.5 Å². The summed E-state index contributed by atoms with van der Waals surface area (Å²) in [5, 5.41) is 15.4. The number of hydrogen-bond donors (Lipinski definition) is 2. The van der Waals surface area contributed by atoms with Crippen LogP contribution in [0.3, 0.4) is 0 Å². The standard InChI is InChI=1S/C20H24N2O3/c1-13-18(22-23)12-19(14-4-8-16(24-2)9-5-14)21-20(13)15-6-10-17(25-3)11-7-15/h4-11,13,19-21,23H,12H2,1-3H3/p+1/b22-18+/t13-,19-,20+/m0/s1. The van der Waals surface area contributed by atoms with Crippen molar-refractivity contribution < 1.29 is 20.0 Å². The maximum absolute atomic E-state index is 9.49. The Balaban J connectivity index is 1.88. The molecule has 1 saturated heterocycles. The first-order valence-electron chi connectivity index (χ1n) is 8.50. The number of quaternary nitrogens is 1. The number of nitrogens with two attached hydrogens (primary N) is 1. The van der Waals surface area contributed by atoms with Crippen LogP contribution < -0.4 is 14.8 Å². The predicted octanol–water partition coefficient (Wildman–Crippen LogP) is 2.92. The maximum Gasteiger partial charge on any atom is 0.120 e. The van der Waals surface area contributed by atoms with Crippen molar-refractivity contribution in [1.82, 2.24) is 0 Å². The van der Waals surface area contributed by atoms with E-state index in [-0.39, 0.29) is 18.0 Å². The van der Waals surface area contributed by atoms with Crippen molar-refractivity contribution in [2.75, 3.05) is 14.2 Å². The highest BCUT2D eigenvalue weighted by Crippen LogP contribution is 2.30. The quantitative estimate of drug-likeness (QED) is 0.664. The summed E-state index contributed by atoms with van der Waals surface area (Å²) in [7, 11) is 3.33. The molecule has 0 bridgehead atoms. The summed E-state index contributed by atoms with van der Waals surface area (Å²) < 4.78 is 10.5. The van der Waals surface area contributed by atoms with Crippen LogP contribution in [-0.4, -0.2) is 25.1 Å². The van der Waals surface area contributed by atoms with Crippen LogP contribution in [0, 0.1) is 5.92 Å². The summed E-state index contributed by atoms with van der Waals surface area (Å²) in [5.41, 5.74) is 3.24. The molecule has 5 nitrogen and oxygen atoms in total. The zero-order chi connectivity index (χ0) is 17.8. The highest BCUT2D eigenvalue weighted by Gasteiger charge is 2.37. The lowest BCUT2D eigenvalue weighted by molar-refractivity contribution is -0.741. The van der Waals surface area contributed by atoms with Crippen LogP contribution in [0.4, 0.5) is 0 Å². The second-order valence-electron chi connectivity index (χ2n) is 6.46. The van der Waals surface area contributed by atoms with Crippen LogP contribution in [0.15, 0.2) is 53.7 Å². The number of benzene rings is 2. The molecule has 2 aromatic carbocycles. The molecule has 0 saturated carbocycles. The van der Waals surface area contributed by atoms with Gasteiger partial charge in [0.15, 0.2) is 0 Å². The molecular weight excluding hydrogens is 316 g/mol. The number of methoxy groups -OCH3 is 2. The van der Waals surface area contributed by atoms with Gasteiger partial charge in [-0.2, -0.15) is 0 Å². The third kappa shape index (κ3) is 3.61. The molecule has 0 amide bonds. The van der Waals surface area contributed by atoms with Gasteiger partial charge in [0.2, 0.25) is 0 Å². The molecule has 2 aromatic rings. The molecule has 0 aliphatic carbocycles. The van der Waals surface area contributed by atoms with Crippen LogP contribution in [0.5, 0.6) is 11.5 Å². The molecule has 0 aromatic heterocycles. The van der Waals surface area contributed by atoms with Gasteiger partial charge in [0.05, 0.1) is 25.8 Å². The number of hydrogen-bond acceptors (Lipinski definition) is 4. The van der Waals surface area contributed by atoms with Gasteiger partial charge in [0.1, 0.15) is 23.6 Å². The number of piperidine rings is 1. The monoisotopic (exact) mass is 341 g/mol. The Labute approximate surface area is 148 Å². The van der Waals surface area contributed by atoms with Crippen molar-refractivity contribution in [3.63, 3.8) is 0 Å². The van der Waals surface area contributed by atoms with Crippen LogP contribution in [0.1, 0.15) is 36.6 Å². The molecule has 5 heteroatoms. The molecule has 3 rings (SSSR count). The summed E-state index contributed by atoms with van der Waals surface area (Å²) in [6.45, 7) is 2.12. The van der Waals surface area contributed by atoms with Gasteiger partial charge in [0, 0.05) is 17.5 Å². The molecule has 3 atom stereocenters. The van der Waals surface area contributed by atoms with Gasteiger partial charge in [-0.15, -0.1) is 0 Å². The minimum atomic E-state index is 0.160. The number of oxime groups is 1. The minimum Gasteiger partial charge on any atom is -0.497 e. The Hall–Kier alpha value is -2.53. The molecule has 1 aliphatic rings. The Morgan fingerprint density at radius 1 is 0.920 bits per heavy atom. The van der Waals surface area contributed by atoms with Gasteiger partial charge in [-0.1, -0.05) is 12.1 Å². The van der Waals surface area contributed by atoms with Crippen molar-refractivity contribution in [1.29, 1.82) is 0 Å². The summed E-state index contributed by atoms with van der Waals surface area (Å²) >= 11 is 0. The van der Waals surface area contributed by atoms with Gasteiger partial charge < -0.3 is 20.0 Å². The molecular formula is C20H25N2O3+. The van der Waals surface area contributed by atoms with Gasteiger partial charge in [0.25, 0.3) is 0 Å². The lowest BCUT2D eigenvalue weighted by atomic mass is 9.81. The van der Waals surface area contributed by atoms with E-state index in [0.717, 1.165) is 23.6 Å². The lowest BCUT2D eigenvalue weighted by Crippen LogP contribution is -2.90.